The van der Waals surface area contributed by atoms with Crippen molar-refractivity contribution in [2.45, 2.75) is 11.7 Å². The molecule has 3 aromatic carbocycles. The molecule has 0 saturated carbocycles. The van der Waals surface area contributed by atoms with Crippen LogP contribution in [0.5, 0.6) is 0 Å². The van der Waals surface area contributed by atoms with Crippen molar-refractivity contribution in [3.05, 3.63) is 72.8 Å². The Balaban J connectivity index is 1.52. The summed E-state index contributed by atoms with van der Waals surface area (Å²) < 4.78 is 0. The smallest absolute Gasteiger partial charge is 0.242 e. The van der Waals surface area contributed by atoms with E-state index in [-0.39, 0.29) is 18.2 Å². The van der Waals surface area contributed by atoms with E-state index in [2.05, 4.69) is 5.32 Å². The second-order valence-corrected chi connectivity index (χ2v) is 7.68. The van der Waals surface area contributed by atoms with Gasteiger partial charge in [0.2, 0.25) is 11.8 Å². The molecule has 0 radical (unpaired) electrons. The Kier molecular flexibility index (Phi) is 5.12. The number of anilines is 1. The van der Waals surface area contributed by atoms with Gasteiger partial charge in [-0.15, -0.1) is 0 Å². The first-order chi connectivity index (χ1) is 13.6. The number of carbonyl (C=O) groups excluding carboxylic acids is 2. The van der Waals surface area contributed by atoms with Crippen LogP contribution < -0.4 is 5.32 Å². The molecule has 4 rings (SSSR count). The van der Waals surface area contributed by atoms with Crippen LogP contribution in [0.1, 0.15) is 6.42 Å². The molecule has 1 aliphatic rings. The molecule has 1 atom stereocenters. The van der Waals surface area contributed by atoms with Crippen LogP contribution in [0.2, 0.25) is 0 Å². The lowest BCUT2D eigenvalue weighted by Gasteiger charge is -2.09. The molecular weight excluding hydrogens is 370 g/mol. The van der Waals surface area contributed by atoms with Crippen LogP contribution in [0.4, 0.5) is 11.4 Å². The van der Waals surface area contributed by atoms with Gasteiger partial charge in [0, 0.05) is 24.5 Å². The Labute approximate surface area is 167 Å². The van der Waals surface area contributed by atoms with Gasteiger partial charge in [-0.05, 0) is 23.6 Å². The molecule has 1 heterocycles. The minimum Gasteiger partial charge on any atom is -0.326 e. The zero-order valence-electron chi connectivity index (χ0n) is 15.3. The third-order valence-corrected chi connectivity index (χ3v) is 5.78. The molecule has 140 valence electrons. The van der Waals surface area contributed by atoms with Gasteiger partial charge in [-0.1, -0.05) is 66.4 Å². The molecule has 1 aliphatic heterocycles. The number of fused-ring (bicyclic) bond motifs is 1. The van der Waals surface area contributed by atoms with Crippen LogP contribution in [0.25, 0.3) is 10.8 Å². The molecule has 0 aromatic heterocycles. The van der Waals surface area contributed by atoms with E-state index in [4.69, 9.17) is 4.99 Å². The van der Waals surface area contributed by atoms with Gasteiger partial charge in [0.15, 0.2) is 5.17 Å². The first kappa shape index (κ1) is 18.3. The number of thioether (sulfide) groups is 1. The Morgan fingerprint density at radius 3 is 2.57 bits per heavy atom. The van der Waals surface area contributed by atoms with Crippen molar-refractivity contribution in [2.75, 3.05) is 12.4 Å². The van der Waals surface area contributed by atoms with Crippen molar-refractivity contribution in [1.29, 1.82) is 0 Å². The Bertz CT molecular complexity index is 1060. The van der Waals surface area contributed by atoms with Crippen LogP contribution in [0.3, 0.4) is 0 Å². The number of hydrogen-bond acceptors (Lipinski definition) is 4. The second kappa shape index (κ2) is 7.86. The molecule has 0 aliphatic carbocycles. The number of amides is 2. The van der Waals surface area contributed by atoms with E-state index in [9.17, 15) is 9.59 Å². The number of carbonyl (C=O) groups is 2. The fourth-order valence-electron chi connectivity index (χ4n) is 3.11. The largest absolute Gasteiger partial charge is 0.326 e. The summed E-state index contributed by atoms with van der Waals surface area (Å²) in [7, 11) is 1.70. The van der Waals surface area contributed by atoms with Crippen molar-refractivity contribution < 1.29 is 9.59 Å². The number of nitrogens with one attached hydrogen (secondary N) is 1. The van der Waals surface area contributed by atoms with Gasteiger partial charge in [-0.2, -0.15) is 0 Å². The molecular formula is C22H19N3O2S. The molecule has 6 heteroatoms. The molecule has 28 heavy (non-hydrogen) atoms. The third-order valence-electron chi connectivity index (χ3n) is 4.55. The molecule has 1 saturated heterocycles. The molecule has 3 aromatic rings. The van der Waals surface area contributed by atoms with Crippen molar-refractivity contribution in [2.24, 2.45) is 4.99 Å². The van der Waals surface area contributed by atoms with E-state index < -0.39 is 5.25 Å². The quantitative estimate of drug-likeness (QED) is 0.718. The number of para-hydroxylation sites is 1. The highest BCUT2D eigenvalue weighted by atomic mass is 32.2. The minimum atomic E-state index is -0.470. The highest BCUT2D eigenvalue weighted by Crippen LogP contribution is 2.33. The van der Waals surface area contributed by atoms with Crippen molar-refractivity contribution in [3.8, 4) is 0 Å². The maximum Gasteiger partial charge on any atom is 0.242 e. The molecule has 1 unspecified atom stereocenters. The number of nitrogens with zero attached hydrogens (tertiary/aromatic N) is 2. The average molecular weight is 389 g/mol. The van der Waals surface area contributed by atoms with Gasteiger partial charge < -0.3 is 5.32 Å². The highest BCUT2D eigenvalue weighted by Gasteiger charge is 2.37. The summed E-state index contributed by atoms with van der Waals surface area (Å²) in [4.78, 5) is 31.2. The fourth-order valence-corrected chi connectivity index (χ4v) is 4.26. The number of amidine groups is 1. The number of hydrogen-bond donors (Lipinski definition) is 1. The lowest BCUT2D eigenvalue weighted by molar-refractivity contribution is -0.127. The van der Waals surface area contributed by atoms with Crippen molar-refractivity contribution >= 4 is 50.9 Å². The summed E-state index contributed by atoms with van der Waals surface area (Å²) in [6, 6.07) is 23.2. The summed E-state index contributed by atoms with van der Waals surface area (Å²) in [5.74, 6) is -0.288. The molecule has 2 amide bonds. The summed E-state index contributed by atoms with van der Waals surface area (Å²) in [6.45, 7) is 0. The summed E-state index contributed by atoms with van der Waals surface area (Å²) >= 11 is 1.33. The van der Waals surface area contributed by atoms with Crippen LogP contribution >= 0.6 is 11.8 Å². The van der Waals surface area contributed by atoms with Crippen LogP contribution in [-0.2, 0) is 9.59 Å². The van der Waals surface area contributed by atoms with E-state index in [1.807, 2.05) is 72.8 Å². The molecule has 1 fully saturated rings. The van der Waals surface area contributed by atoms with E-state index in [0.29, 0.717) is 5.17 Å². The maximum absolute atomic E-state index is 12.6. The lowest BCUT2D eigenvalue weighted by atomic mass is 10.1. The molecule has 1 N–H and O–H groups in total. The summed E-state index contributed by atoms with van der Waals surface area (Å²) in [5, 5.41) is 5.10. The third kappa shape index (κ3) is 3.77. The van der Waals surface area contributed by atoms with E-state index in [1.54, 1.807) is 7.05 Å². The van der Waals surface area contributed by atoms with E-state index in [0.717, 1.165) is 22.1 Å². The van der Waals surface area contributed by atoms with E-state index in [1.165, 1.54) is 16.7 Å². The van der Waals surface area contributed by atoms with E-state index >= 15 is 0 Å². The number of aliphatic imine (C=N–C) groups is 1. The Morgan fingerprint density at radius 1 is 1.04 bits per heavy atom. The van der Waals surface area contributed by atoms with Gasteiger partial charge in [-0.25, -0.2) is 4.99 Å². The summed E-state index contributed by atoms with van der Waals surface area (Å²) in [5.41, 5.74) is 1.54. The number of rotatable bonds is 4. The zero-order valence-corrected chi connectivity index (χ0v) is 16.1. The maximum atomic E-state index is 12.6. The minimum absolute atomic E-state index is 0.104. The molecule has 0 bridgehead atoms. The van der Waals surface area contributed by atoms with Gasteiger partial charge in [0.25, 0.3) is 0 Å². The fraction of sp³-hybridized carbons (Fsp3) is 0.136. The molecule has 5 nitrogen and oxygen atoms in total. The topological polar surface area (TPSA) is 61.8 Å². The SMILES string of the molecule is CN1C(=O)C(CC(=O)Nc2ccccc2)SC1=Nc1cccc2ccccc12. The summed E-state index contributed by atoms with van der Waals surface area (Å²) in [6.07, 6.45) is 0.108. The van der Waals surface area contributed by atoms with Crippen molar-refractivity contribution in [1.82, 2.24) is 4.90 Å². The zero-order chi connectivity index (χ0) is 19.5. The predicted molar refractivity (Wildman–Crippen MR) is 115 cm³/mol. The second-order valence-electron chi connectivity index (χ2n) is 6.51. The van der Waals surface area contributed by atoms with Crippen molar-refractivity contribution in [3.63, 3.8) is 0 Å². The van der Waals surface area contributed by atoms with Gasteiger partial charge in [0.1, 0.15) is 5.25 Å². The van der Waals surface area contributed by atoms with Gasteiger partial charge in [-0.3, -0.25) is 14.5 Å². The predicted octanol–water partition coefficient (Wildman–Crippen LogP) is 4.43. The molecule has 0 spiro atoms. The van der Waals surface area contributed by atoms with Crippen LogP contribution in [0.15, 0.2) is 77.8 Å². The van der Waals surface area contributed by atoms with Gasteiger partial charge in [0.05, 0.1) is 5.69 Å². The first-order valence-corrected chi connectivity index (χ1v) is 9.85. The Hall–Kier alpha value is -3.12. The lowest BCUT2D eigenvalue weighted by Crippen LogP contribution is -2.30. The van der Waals surface area contributed by atoms with Gasteiger partial charge >= 0.3 is 0 Å². The van der Waals surface area contributed by atoms with Crippen LogP contribution in [0, 0.1) is 0 Å². The normalized spacial score (nSPS) is 18.0. The average Bonchev–Trinajstić information content (AvgIpc) is 2.97. The standard InChI is InChI=1S/C22H19N3O2S/c1-25-21(27)19(14-20(26)23-16-10-3-2-4-11-16)28-22(25)24-18-13-7-9-15-8-5-6-12-17(15)18/h2-13,19H,14H2,1H3,(H,23,26). The van der Waals surface area contributed by atoms with Crippen LogP contribution in [-0.4, -0.2) is 34.2 Å². The monoisotopic (exact) mass is 389 g/mol. The highest BCUT2D eigenvalue weighted by molar-refractivity contribution is 8.15. The Morgan fingerprint density at radius 2 is 1.75 bits per heavy atom. The first-order valence-electron chi connectivity index (χ1n) is 8.97. The number of benzene rings is 3.